The molecular weight excluding hydrogens is 380 g/mol. The summed E-state index contributed by atoms with van der Waals surface area (Å²) in [5, 5.41) is 0. The second-order valence-electron chi connectivity index (χ2n) is 6.81. The lowest BCUT2D eigenvalue weighted by Gasteiger charge is -2.11. The molecule has 1 saturated carbocycles. The highest BCUT2D eigenvalue weighted by Gasteiger charge is 2.43. The molecule has 0 heterocycles. The van der Waals surface area contributed by atoms with Crippen molar-refractivity contribution in [2.45, 2.75) is 23.5 Å². The van der Waals surface area contributed by atoms with Gasteiger partial charge in [0.1, 0.15) is 0 Å². The average Bonchev–Trinajstić information content (AvgIpc) is 3.28. The maximum absolute atomic E-state index is 13.7. The fourth-order valence-electron chi connectivity index (χ4n) is 3.27. The summed E-state index contributed by atoms with van der Waals surface area (Å²) in [5.41, 5.74) is 2.48. The number of hydrogen-bond acceptors (Lipinski definition) is 2. The van der Waals surface area contributed by atoms with E-state index >= 15 is 0 Å². The molecule has 0 bridgehead atoms. The van der Waals surface area contributed by atoms with Crippen LogP contribution < -0.4 is 0 Å². The van der Waals surface area contributed by atoms with Gasteiger partial charge < -0.3 is 0 Å². The van der Waals surface area contributed by atoms with Gasteiger partial charge in [0.15, 0.2) is 11.6 Å². The van der Waals surface area contributed by atoms with E-state index in [1.54, 1.807) is 0 Å². The minimum Gasteiger partial charge on any atom is -0.218 e. The van der Waals surface area contributed by atoms with Crippen molar-refractivity contribution in [3.05, 3.63) is 77.4 Å². The van der Waals surface area contributed by atoms with E-state index in [1.165, 1.54) is 18.2 Å². The van der Waals surface area contributed by atoms with Crippen molar-refractivity contribution in [3.8, 4) is 0 Å². The largest absolute Gasteiger partial charge is 0.341 e. The number of allylic oxidation sites excluding steroid dienone is 4. The molecule has 0 amide bonds. The van der Waals surface area contributed by atoms with E-state index in [0.29, 0.717) is 11.1 Å². The number of alkyl halides is 2. The van der Waals surface area contributed by atoms with Crippen molar-refractivity contribution >= 4 is 21.0 Å². The Kier molecular flexibility index (Phi) is 4.03. The Morgan fingerprint density at radius 1 is 0.815 bits per heavy atom. The molecule has 2 aliphatic rings. The minimum atomic E-state index is -4.66. The molecule has 1 fully saturated rings. The normalized spacial score (nSPS) is 18.0. The van der Waals surface area contributed by atoms with Crippen LogP contribution in [-0.4, -0.2) is 14.2 Å². The fraction of sp³-hybridized carbons (Fsp3) is 0.200. The first-order valence-corrected chi connectivity index (χ1v) is 9.81. The molecule has 0 saturated heterocycles. The molecule has 0 aromatic heterocycles. The van der Waals surface area contributed by atoms with Gasteiger partial charge in [-0.05, 0) is 59.4 Å². The summed E-state index contributed by atoms with van der Waals surface area (Å²) in [6.07, 6.45) is 5.88. The predicted molar refractivity (Wildman–Crippen MR) is 93.6 cm³/mol. The summed E-state index contributed by atoms with van der Waals surface area (Å²) < 4.78 is 75.5. The van der Waals surface area contributed by atoms with Gasteiger partial charge in [-0.15, -0.1) is 0 Å². The molecule has 0 N–H and O–H groups in total. The quantitative estimate of drug-likeness (QED) is 0.666. The highest BCUT2D eigenvalue weighted by atomic mass is 32.2. The van der Waals surface area contributed by atoms with E-state index in [1.807, 2.05) is 12.2 Å². The minimum absolute atomic E-state index is 0.122. The lowest BCUT2D eigenvalue weighted by atomic mass is 9.95. The van der Waals surface area contributed by atoms with Gasteiger partial charge in [-0.25, -0.2) is 17.2 Å². The van der Waals surface area contributed by atoms with E-state index in [0.717, 1.165) is 48.3 Å². The van der Waals surface area contributed by atoms with Crippen molar-refractivity contribution in [1.29, 1.82) is 0 Å². The topological polar surface area (TPSA) is 34.1 Å². The molecule has 0 radical (unpaired) electrons. The van der Waals surface area contributed by atoms with Crippen molar-refractivity contribution in [2.24, 2.45) is 5.41 Å². The second kappa shape index (κ2) is 6.05. The fourth-order valence-corrected chi connectivity index (χ4v) is 3.99. The zero-order valence-electron chi connectivity index (χ0n) is 13.9. The molecular formula is C20H14F4O2S. The van der Waals surface area contributed by atoms with E-state index in [9.17, 15) is 26.0 Å². The van der Waals surface area contributed by atoms with Crippen LogP contribution in [0.3, 0.4) is 0 Å². The molecule has 0 aliphatic heterocycles. The Morgan fingerprint density at radius 2 is 1.37 bits per heavy atom. The Hall–Kier alpha value is -2.41. The summed E-state index contributed by atoms with van der Waals surface area (Å²) in [7, 11) is -4.66. The Morgan fingerprint density at radius 3 is 1.89 bits per heavy atom. The third kappa shape index (κ3) is 3.10. The Labute approximate surface area is 153 Å². The number of hydrogen-bond donors (Lipinski definition) is 0. The van der Waals surface area contributed by atoms with Crippen LogP contribution in [-0.2, 0) is 9.84 Å². The van der Waals surface area contributed by atoms with Crippen LogP contribution in [0.25, 0.3) is 11.1 Å². The van der Waals surface area contributed by atoms with Gasteiger partial charge in [0.05, 0.1) is 4.90 Å². The number of benzene rings is 2. The highest BCUT2D eigenvalue weighted by Crippen LogP contribution is 2.57. The van der Waals surface area contributed by atoms with E-state index in [-0.39, 0.29) is 5.41 Å². The molecule has 2 nitrogen and oxygen atoms in total. The predicted octanol–water partition coefficient (Wildman–Crippen LogP) is 5.22. The van der Waals surface area contributed by atoms with Crippen LogP contribution in [0.1, 0.15) is 24.0 Å². The molecule has 1 spiro atoms. The first-order chi connectivity index (χ1) is 12.7. The molecule has 2 aliphatic carbocycles. The van der Waals surface area contributed by atoms with Crippen molar-refractivity contribution in [2.75, 3.05) is 0 Å². The van der Waals surface area contributed by atoms with Gasteiger partial charge in [-0.1, -0.05) is 30.4 Å². The maximum Gasteiger partial charge on any atom is 0.341 e. The summed E-state index contributed by atoms with van der Waals surface area (Å²) in [6, 6.07) is 8.84. The van der Waals surface area contributed by atoms with Gasteiger partial charge in [0.2, 0.25) is 9.84 Å². The third-order valence-corrected chi connectivity index (χ3v) is 6.34. The Bertz CT molecular complexity index is 1080. The first-order valence-electron chi connectivity index (χ1n) is 8.26. The van der Waals surface area contributed by atoms with E-state index in [4.69, 9.17) is 0 Å². The van der Waals surface area contributed by atoms with Gasteiger partial charge in [0, 0.05) is 5.41 Å². The summed E-state index contributed by atoms with van der Waals surface area (Å²) >= 11 is 0. The summed E-state index contributed by atoms with van der Waals surface area (Å²) in [6.45, 7) is 0. The van der Waals surface area contributed by atoms with Crippen molar-refractivity contribution < 1.29 is 26.0 Å². The number of rotatable bonds is 4. The third-order valence-electron chi connectivity index (χ3n) is 4.94. The van der Waals surface area contributed by atoms with Crippen molar-refractivity contribution in [1.82, 2.24) is 0 Å². The van der Waals surface area contributed by atoms with Gasteiger partial charge in [-0.2, -0.15) is 8.78 Å². The summed E-state index contributed by atoms with van der Waals surface area (Å²) in [5.74, 6) is -5.38. The summed E-state index contributed by atoms with van der Waals surface area (Å²) in [4.78, 5) is -0.459. The smallest absolute Gasteiger partial charge is 0.218 e. The SMILES string of the molecule is O=S(=O)(c1ccc(C2=CC3(C=C2c2ccc(F)c(F)c2)CC3)cc1)C(F)F. The molecule has 27 heavy (non-hydrogen) atoms. The Balaban J connectivity index is 1.74. The van der Waals surface area contributed by atoms with E-state index < -0.39 is 32.1 Å². The zero-order valence-corrected chi connectivity index (χ0v) is 14.7. The molecule has 0 unspecified atom stereocenters. The number of halogens is 4. The molecule has 4 rings (SSSR count). The van der Waals surface area contributed by atoms with Crippen LogP contribution in [0, 0.1) is 17.0 Å². The van der Waals surface area contributed by atoms with Crippen LogP contribution >= 0.6 is 0 Å². The van der Waals surface area contributed by atoms with Gasteiger partial charge in [0.25, 0.3) is 0 Å². The second-order valence-corrected chi connectivity index (χ2v) is 8.73. The molecule has 2 aromatic carbocycles. The van der Waals surface area contributed by atoms with Gasteiger partial charge in [-0.3, -0.25) is 0 Å². The average molecular weight is 394 g/mol. The van der Waals surface area contributed by atoms with E-state index in [2.05, 4.69) is 0 Å². The lowest BCUT2D eigenvalue weighted by Crippen LogP contribution is -2.11. The van der Waals surface area contributed by atoms with Crippen LogP contribution in [0.15, 0.2) is 59.5 Å². The number of sulfone groups is 1. The van der Waals surface area contributed by atoms with Crippen LogP contribution in [0.2, 0.25) is 0 Å². The lowest BCUT2D eigenvalue weighted by molar-refractivity contribution is 0.234. The first kappa shape index (κ1) is 18.0. The molecule has 140 valence electrons. The maximum atomic E-state index is 13.7. The monoisotopic (exact) mass is 394 g/mol. The van der Waals surface area contributed by atoms with Crippen LogP contribution in [0.5, 0.6) is 0 Å². The van der Waals surface area contributed by atoms with Gasteiger partial charge >= 0.3 is 5.76 Å². The molecule has 7 heteroatoms. The van der Waals surface area contributed by atoms with Crippen molar-refractivity contribution in [3.63, 3.8) is 0 Å². The highest BCUT2D eigenvalue weighted by molar-refractivity contribution is 7.91. The van der Waals surface area contributed by atoms with Crippen LogP contribution in [0.4, 0.5) is 17.6 Å². The molecule has 2 aromatic rings. The zero-order chi connectivity index (χ0) is 19.4. The standard InChI is InChI=1S/C20H14F4O2S/c21-17-6-3-13(9-18(17)22)16-11-20(7-8-20)10-15(16)12-1-4-14(5-2-12)27(25,26)19(23)24/h1-6,9-11,19H,7-8H2. The molecule has 0 atom stereocenters.